The molecule has 0 spiro atoms. The Kier molecular flexibility index (Phi) is 4.16. The Bertz CT molecular complexity index is 597. The van der Waals surface area contributed by atoms with Gasteiger partial charge >= 0.3 is 5.97 Å². The zero-order valence-electron chi connectivity index (χ0n) is 11.0. The smallest absolute Gasteiger partial charge is 0.358 e. The summed E-state index contributed by atoms with van der Waals surface area (Å²) < 4.78 is 4.58. The second-order valence-electron chi connectivity index (χ2n) is 4.08. The second kappa shape index (κ2) is 5.84. The molecule has 5 heteroatoms. The van der Waals surface area contributed by atoms with Gasteiger partial charge in [0.25, 0.3) is 0 Å². The van der Waals surface area contributed by atoms with Gasteiger partial charge in [0.1, 0.15) is 5.03 Å². The van der Waals surface area contributed by atoms with Gasteiger partial charge in [-0.05, 0) is 37.1 Å². The SMILES string of the molecule is COC(=O)c1cnc(Sc2ccc(C)c(C)c2)cn1. The number of benzene rings is 1. The van der Waals surface area contributed by atoms with E-state index in [1.54, 1.807) is 6.20 Å². The van der Waals surface area contributed by atoms with E-state index in [4.69, 9.17) is 0 Å². The van der Waals surface area contributed by atoms with Gasteiger partial charge in [0, 0.05) is 4.90 Å². The first-order valence-corrected chi connectivity index (χ1v) is 6.57. The van der Waals surface area contributed by atoms with Gasteiger partial charge in [0.2, 0.25) is 0 Å². The normalized spacial score (nSPS) is 10.3. The maximum Gasteiger partial charge on any atom is 0.358 e. The lowest BCUT2D eigenvalue weighted by atomic mass is 10.1. The predicted octanol–water partition coefficient (Wildman–Crippen LogP) is 3.03. The van der Waals surface area contributed by atoms with Gasteiger partial charge in [-0.3, -0.25) is 0 Å². The van der Waals surface area contributed by atoms with Crippen molar-refractivity contribution in [1.82, 2.24) is 9.97 Å². The van der Waals surface area contributed by atoms with Crippen molar-refractivity contribution in [2.24, 2.45) is 0 Å². The summed E-state index contributed by atoms with van der Waals surface area (Å²) in [5, 5.41) is 0.746. The second-order valence-corrected chi connectivity index (χ2v) is 5.17. The third-order valence-electron chi connectivity index (χ3n) is 2.72. The quantitative estimate of drug-likeness (QED) is 0.805. The third kappa shape index (κ3) is 3.32. The zero-order valence-corrected chi connectivity index (χ0v) is 11.8. The van der Waals surface area contributed by atoms with Crippen molar-refractivity contribution >= 4 is 17.7 Å². The first kappa shape index (κ1) is 13.5. The van der Waals surface area contributed by atoms with Crippen molar-refractivity contribution in [3.63, 3.8) is 0 Å². The molecule has 0 saturated carbocycles. The number of hydrogen-bond acceptors (Lipinski definition) is 5. The molecule has 0 saturated heterocycles. The van der Waals surface area contributed by atoms with Crippen LogP contribution in [0.4, 0.5) is 0 Å². The Hall–Kier alpha value is -1.88. The summed E-state index contributed by atoms with van der Waals surface area (Å²) in [6.07, 6.45) is 3.00. The number of rotatable bonds is 3. The summed E-state index contributed by atoms with van der Waals surface area (Å²) in [4.78, 5) is 20.6. The number of nitrogens with zero attached hydrogens (tertiary/aromatic N) is 2. The summed E-state index contributed by atoms with van der Waals surface area (Å²) in [6.45, 7) is 4.15. The minimum absolute atomic E-state index is 0.215. The van der Waals surface area contributed by atoms with E-state index in [0.29, 0.717) is 0 Å². The average molecular weight is 274 g/mol. The number of carbonyl (C=O) groups excluding carboxylic acids is 1. The van der Waals surface area contributed by atoms with Crippen LogP contribution in [0, 0.1) is 13.8 Å². The fraction of sp³-hybridized carbons (Fsp3) is 0.214. The molecule has 1 aromatic heterocycles. The van der Waals surface area contributed by atoms with Gasteiger partial charge in [0.15, 0.2) is 5.69 Å². The molecule has 0 aliphatic rings. The minimum atomic E-state index is -0.477. The van der Waals surface area contributed by atoms with E-state index in [9.17, 15) is 4.79 Å². The van der Waals surface area contributed by atoms with Crippen LogP contribution in [0.3, 0.4) is 0 Å². The molecule has 2 rings (SSSR count). The Balaban J connectivity index is 2.15. The topological polar surface area (TPSA) is 52.1 Å². The minimum Gasteiger partial charge on any atom is -0.464 e. The summed E-state index contributed by atoms with van der Waals surface area (Å²) in [6, 6.07) is 6.23. The largest absolute Gasteiger partial charge is 0.464 e. The van der Waals surface area contributed by atoms with E-state index in [-0.39, 0.29) is 5.69 Å². The van der Waals surface area contributed by atoms with Crippen LogP contribution in [-0.2, 0) is 4.74 Å². The molecule has 0 fully saturated rings. The number of aromatic nitrogens is 2. The molecule has 4 nitrogen and oxygen atoms in total. The first-order chi connectivity index (χ1) is 9.10. The van der Waals surface area contributed by atoms with Crippen LogP contribution < -0.4 is 0 Å². The molecular weight excluding hydrogens is 260 g/mol. The molecule has 0 atom stereocenters. The lowest BCUT2D eigenvalue weighted by Crippen LogP contribution is -2.04. The third-order valence-corrected chi connectivity index (χ3v) is 3.63. The number of esters is 1. The van der Waals surface area contributed by atoms with Gasteiger partial charge in [-0.25, -0.2) is 14.8 Å². The van der Waals surface area contributed by atoms with Crippen LogP contribution in [-0.4, -0.2) is 23.0 Å². The van der Waals surface area contributed by atoms with Gasteiger partial charge in [-0.1, -0.05) is 17.8 Å². The molecule has 0 aliphatic heterocycles. The highest BCUT2D eigenvalue weighted by Crippen LogP contribution is 2.26. The number of carbonyl (C=O) groups is 1. The summed E-state index contributed by atoms with van der Waals surface area (Å²) >= 11 is 1.51. The van der Waals surface area contributed by atoms with E-state index in [1.165, 1.54) is 36.2 Å². The van der Waals surface area contributed by atoms with Crippen LogP contribution in [0.1, 0.15) is 21.6 Å². The number of hydrogen-bond donors (Lipinski definition) is 0. The molecule has 0 radical (unpaired) electrons. The lowest BCUT2D eigenvalue weighted by Gasteiger charge is -2.04. The predicted molar refractivity (Wildman–Crippen MR) is 73.4 cm³/mol. The van der Waals surface area contributed by atoms with Crippen LogP contribution in [0.2, 0.25) is 0 Å². The Labute approximate surface area is 116 Å². The summed E-state index contributed by atoms with van der Waals surface area (Å²) in [5.41, 5.74) is 2.72. The molecule has 0 unspecified atom stereocenters. The number of methoxy groups -OCH3 is 1. The molecule has 0 bridgehead atoms. The van der Waals surface area contributed by atoms with Crippen molar-refractivity contribution < 1.29 is 9.53 Å². The summed E-state index contributed by atoms with van der Waals surface area (Å²) in [7, 11) is 1.32. The van der Waals surface area contributed by atoms with Crippen molar-refractivity contribution in [2.75, 3.05) is 7.11 Å². The van der Waals surface area contributed by atoms with E-state index in [2.05, 4.69) is 40.7 Å². The zero-order chi connectivity index (χ0) is 13.8. The Morgan fingerprint density at radius 1 is 1.16 bits per heavy atom. The molecule has 1 heterocycles. The number of ether oxygens (including phenoxy) is 1. The van der Waals surface area contributed by atoms with Crippen LogP contribution in [0.5, 0.6) is 0 Å². The van der Waals surface area contributed by atoms with Gasteiger partial charge < -0.3 is 4.74 Å². The summed E-state index contributed by atoms with van der Waals surface area (Å²) in [5.74, 6) is -0.477. The number of aryl methyl sites for hydroxylation is 2. The molecule has 98 valence electrons. The molecule has 19 heavy (non-hydrogen) atoms. The molecular formula is C14H14N2O2S. The Morgan fingerprint density at radius 2 is 1.95 bits per heavy atom. The standard InChI is InChI=1S/C14H14N2O2S/c1-9-4-5-11(6-10(9)2)19-13-8-15-12(7-16-13)14(17)18-3/h4-8H,1-3H3. The van der Waals surface area contributed by atoms with Crippen molar-refractivity contribution in [3.05, 3.63) is 47.4 Å². The van der Waals surface area contributed by atoms with Crippen molar-refractivity contribution in [2.45, 2.75) is 23.8 Å². The maximum absolute atomic E-state index is 11.2. The van der Waals surface area contributed by atoms with E-state index in [0.717, 1.165) is 9.92 Å². The highest BCUT2D eigenvalue weighted by molar-refractivity contribution is 7.99. The molecule has 2 aromatic rings. The molecule has 1 aromatic carbocycles. The Morgan fingerprint density at radius 3 is 2.53 bits per heavy atom. The van der Waals surface area contributed by atoms with Crippen molar-refractivity contribution in [1.29, 1.82) is 0 Å². The van der Waals surface area contributed by atoms with Gasteiger partial charge in [-0.15, -0.1) is 0 Å². The fourth-order valence-electron chi connectivity index (χ4n) is 1.48. The van der Waals surface area contributed by atoms with Crippen LogP contribution in [0.15, 0.2) is 40.5 Å². The van der Waals surface area contributed by atoms with E-state index < -0.39 is 5.97 Å². The molecule has 0 amide bonds. The van der Waals surface area contributed by atoms with Crippen molar-refractivity contribution in [3.8, 4) is 0 Å². The van der Waals surface area contributed by atoms with Crippen LogP contribution >= 0.6 is 11.8 Å². The van der Waals surface area contributed by atoms with Gasteiger partial charge in [-0.2, -0.15) is 0 Å². The maximum atomic E-state index is 11.2. The highest BCUT2D eigenvalue weighted by atomic mass is 32.2. The molecule has 0 aliphatic carbocycles. The van der Waals surface area contributed by atoms with Gasteiger partial charge in [0.05, 0.1) is 19.5 Å². The fourth-order valence-corrected chi connectivity index (χ4v) is 2.30. The highest BCUT2D eigenvalue weighted by Gasteiger charge is 2.08. The first-order valence-electron chi connectivity index (χ1n) is 5.75. The van der Waals surface area contributed by atoms with Crippen LogP contribution in [0.25, 0.3) is 0 Å². The lowest BCUT2D eigenvalue weighted by molar-refractivity contribution is 0.0593. The average Bonchev–Trinajstić information content (AvgIpc) is 2.43. The monoisotopic (exact) mass is 274 g/mol. The van der Waals surface area contributed by atoms with E-state index >= 15 is 0 Å². The molecule has 0 N–H and O–H groups in total. The van der Waals surface area contributed by atoms with E-state index in [1.807, 2.05) is 6.07 Å².